The van der Waals surface area contributed by atoms with Crippen LogP contribution in [0.5, 0.6) is 11.8 Å². The molecule has 0 spiro atoms. The minimum absolute atomic E-state index is 0.0850. The number of carbonyl (C=O) groups is 1. The first-order valence-corrected chi connectivity index (χ1v) is 8.84. The summed E-state index contributed by atoms with van der Waals surface area (Å²) in [6, 6.07) is 9.90. The van der Waals surface area contributed by atoms with Gasteiger partial charge in [0.15, 0.2) is 0 Å². The summed E-state index contributed by atoms with van der Waals surface area (Å²) in [6.07, 6.45) is 6.69. The van der Waals surface area contributed by atoms with Gasteiger partial charge in [0.05, 0.1) is 19.5 Å². The third-order valence-electron chi connectivity index (χ3n) is 4.39. The molecule has 0 atom stereocenters. The summed E-state index contributed by atoms with van der Waals surface area (Å²) in [4.78, 5) is 20.3. The van der Waals surface area contributed by atoms with E-state index in [9.17, 15) is 4.79 Å². The molecule has 2 amide bonds. The van der Waals surface area contributed by atoms with Gasteiger partial charge in [-0.15, -0.1) is 0 Å². The van der Waals surface area contributed by atoms with Crippen LogP contribution in [0.1, 0.15) is 31.2 Å². The lowest BCUT2D eigenvalue weighted by atomic mass is 9.93. The van der Waals surface area contributed by atoms with Gasteiger partial charge >= 0.3 is 6.03 Å². The van der Waals surface area contributed by atoms with Crippen LogP contribution in [0.15, 0.2) is 42.7 Å². The van der Waals surface area contributed by atoms with E-state index in [1.807, 2.05) is 30.3 Å². The molecule has 1 fully saturated rings. The van der Waals surface area contributed by atoms with Crippen molar-refractivity contribution in [2.45, 2.75) is 44.4 Å². The normalized spacial score (nSPS) is 19.4. The Morgan fingerprint density at radius 3 is 2.58 bits per heavy atom. The lowest BCUT2D eigenvalue weighted by molar-refractivity contribution is 0.133. The number of urea groups is 1. The van der Waals surface area contributed by atoms with Gasteiger partial charge < -0.3 is 20.1 Å². The number of carbonyl (C=O) groups excluding carboxylic acids is 1. The maximum Gasteiger partial charge on any atom is 0.315 e. The Morgan fingerprint density at radius 2 is 1.85 bits per heavy atom. The summed E-state index contributed by atoms with van der Waals surface area (Å²) in [7, 11) is 1.55. The van der Waals surface area contributed by atoms with E-state index in [2.05, 4.69) is 20.6 Å². The second-order valence-corrected chi connectivity index (χ2v) is 6.30. The molecule has 1 saturated carbocycles. The van der Waals surface area contributed by atoms with Crippen LogP contribution < -0.4 is 20.1 Å². The number of hydrogen-bond acceptors (Lipinski definition) is 5. The third-order valence-corrected chi connectivity index (χ3v) is 4.39. The number of rotatable bonds is 6. The van der Waals surface area contributed by atoms with Crippen LogP contribution in [-0.4, -0.2) is 35.3 Å². The molecule has 3 rings (SSSR count). The summed E-state index contributed by atoms with van der Waals surface area (Å²) in [5, 5.41) is 5.93. The molecular formula is C19H24N4O3. The van der Waals surface area contributed by atoms with Gasteiger partial charge in [0.2, 0.25) is 11.8 Å². The maximum absolute atomic E-state index is 12.0. The quantitative estimate of drug-likeness (QED) is 0.831. The Morgan fingerprint density at radius 1 is 1.12 bits per heavy atom. The zero-order chi connectivity index (χ0) is 18.2. The highest BCUT2D eigenvalue weighted by Crippen LogP contribution is 2.23. The molecule has 0 saturated heterocycles. The van der Waals surface area contributed by atoms with Crippen LogP contribution in [0.3, 0.4) is 0 Å². The molecule has 0 unspecified atom stereocenters. The molecule has 7 nitrogen and oxygen atoms in total. The van der Waals surface area contributed by atoms with E-state index in [4.69, 9.17) is 9.47 Å². The summed E-state index contributed by atoms with van der Waals surface area (Å²) in [5.74, 6) is 0.911. The van der Waals surface area contributed by atoms with E-state index < -0.39 is 0 Å². The average Bonchev–Trinajstić information content (AvgIpc) is 2.69. The third kappa shape index (κ3) is 5.34. The number of nitrogens with zero attached hydrogens (tertiary/aromatic N) is 2. The van der Waals surface area contributed by atoms with E-state index in [1.54, 1.807) is 19.5 Å². The smallest absolute Gasteiger partial charge is 0.315 e. The van der Waals surface area contributed by atoms with Gasteiger partial charge in [0.25, 0.3) is 0 Å². The Balaban J connectivity index is 1.38. The second-order valence-electron chi connectivity index (χ2n) is 6.30. The molecule has 0 aliphatic heterocycles. The number of ether oxygens (including phenoxy) is 2. The largest absolute Gasteiger partial charge is 0.480 e. The maximum atomic E-state index is 12.0. The number of methoxy groups -OCH3 is 1. The van der Waals surface area contributed by atoms with Crippen molar-refractivity contribution >= 4 is 6.03 Å². The van der Waals surface area contributed by atoms with Crippen molar-refractivity contribution in [1.29, 1.82) is 0 Å². The first-order valence-electron chi connectivity index (χ1n) is 8.84. The van der Waals surface area contributed by atoms with E-state index in [0.29, 0.717) is 18.3 Å². The van der Waals surface area contributed by atoms with Gasteiger partial charge in [-0.3, -0.25) is 4.98 Å². The van der Waals surface area contributed by atoms with Crippen molar-refractivity contribution in [2.75, 3.05) is 7.11 Å². The number of aromatic nitrogens is 2. The van der Waals surface area contributed by atoms with Gasteiger partial charge in [-0.1, -0.05) is 30.3 Å². The molecule has 1 heterocycles. The molecule has 2 N–H and O–H groups in total. The van der Waals surface area contributed by atoms with Crippen molar-refractivity contribution < 1.29 is 14.3 Å². The minimum Gasteiger partial charge on any atom is -0.480 e. The molecule has 0 radical (unpaired) electrons. The molecule has 7 heteroatoms. The highest BCUT2D eigenvalue weighted by Gasteiger charge is 2.24. The fraction of sp³-hybridized carbons (Fsp3) is 0.421. The Hall–Kier alpha value is -2.83. The van der Waals surface area contributed by atoms with Gasteiger partial charge in [-0.05, 0) is 31.2 Å². The summed E-state index contributed by atoms with van der Waals surface area (Å²) < 4.78 is 10.9. The van der Waals surface area contributed by atoms with Crippen LogP contribution in [0, 0.1) is 0 Å². The Kier molecular flexibility index (Phi) is 6.24. The topological polar surface area (TPSA) is 85.4 Å². The number of benzene rings is 1. The first kappa shape index (κ1) is 18.0. The Bertz CT molecular complexity index is 703. The molecule has 1 aliphatic rings. The number of amides is 2. The van der Waals surface area contributed by atoms with Gasteiger partial charge in [-0.2, -0.15) is 4.98 Å². The van der Waals surface area contributed by atoms with Crippen LogP contribution in [0.4, 0.5) is 4.79 Å². The fourth-order valence-electron chi connectivity index (χ4n) is 3.00. The Labute approximate surface area is 153 Å². The van der Waals surface area contributed by atoms with Crippen LogP contribution in [-0.2, 0) is 6.54 Å². The first-order chi connectivity index (χ1) is 12.7. The molecule has 1 aromatic heterocycles. The van der Waals surface area contributed by atoms with Crippen LogP contribution in [0.25, 0.3) is 0 Å². The summed E-state index contributed by atoms with van der Waals surface area (Å²) in [5.41, 5.74) is 1.08. The second kappa shape index (κ2) is 9.03. The van der Waals surface area contributed by atoms with Crippen molar-refractivity contribution in [3.05, 3.63) is 48.3 Å². The van der Waals surface area contributed by atoms with Gasteiger partial charge in [0, 0.05) is 12.6 Å². The monoisotopic (exact) mass is 356 g/mol. The van der Waals surface area contributed by atoms with Crippen LogP contribution >= 0.6 is 0 Å². The lowest BCUT2D eigenvalue weighted by Crippen LogP contribution is -2.44. The molecule has 26 heavy (non-hydrogen) atoms. The van der Waals surface area contributed by atoms with E-state index in [1.165, 1.54) is 0 Å². The molecule has 0 bridgehead atoms. The van der Waals surface area contributed by atoms with Crippen molar-refractivity contribution in [3.8, 4) is 11.8 Å². The minimum atomic E-state index is -0.128. The predicted molar refractivity (Wildman–Crippen MR) is 97.1 cm³/mol. The highest BCUT2D eigenvalue weighted by molar-refractivity contribution is 5.74. The van der Waals surface area contributed by atoms with E-state index in [-0.39, 0.29) is 18.2 Å². The van der Waals surface area contributed by atoms with Gasteiger partial charge in [0.1, 0.15) is 6.10 Å². The van der Waals surface area contributed by atoms with Gasteiger partial charge in [-0.25, -0.2) is 4.79 Å². The lowest BCUT2D eigenvalue weighted by Gasteiger charge is -2.29. The molecule has 1 aliphatic carbocycles. The zero-order valence-corrected chi connectivity index (χ0v) is 14.9. The van der Waals surface area contributed by atoms with Crippen molar-refractivity contribution in [3.63, 3.8) is 0 Å². The van der Waals surface area contributed by atoms with E-state index >= 15 is 0 Å². The molecule has 2 aromatic rings. The highest BCUT2D eigenvalue weighted by atomic mass is 16.5. The molecular weight excluding hydrogens is 332 g/mol. The standard InChI is InChI=1S/C19H24N4O3/c1-25-17-12-20-13-18(23-17)26-16-9-7-15(8-10-16)22-19(24)21-11-14-5-3-2-4-6-14/h2-6,12-13,15-16H,7-11H2,1H3,(H2,21,22,24). The summed E-state index contributed by atoms with van der Waals surface area (Å²) >= 11 is 0. The SMILES string of the molecule is COc1cncc(OC2CCC(NC(=O)NCc3ccccc3)CC2)n1. The summed E-state index contributed by atoms with van der Waals surface area (Å²) in [6.45, 7) is 0.527. The predicted octanol–water partition coefficient (Wildman–Crippen LogP) is 2.67. The van der Waals surface area contributed by atoms with Crippen LogP contribution in [0.2, 0.25) is 0 Å². The average molecular weight is 356 g/mol. The van der Waals surface area contributed by atoms with E-state index in [0.717, 1.165) is 31.2 Å². The molecule has 1 aromatic carbocycles. The van der Waals surface area contributed by atoms with Crippen molar-refractivity contribution in [1.82, 2.24) is 20.6 Å². The zero-order valence-electron chi connectivity index (χ0n) is 14.9. The number of nitrogens with one attached hydrogen (secondary N) is 2. The van der Waals surface area contributed by atoms with Crippen molar-refractivity contribution in [2.24, 2.45) is 0 Å². The fourth-order valence-corrected chi connectivity index (χ4v) is 3.00. The molecule has 138 valence electrons. The number of hydrogen-bond donors (Lipinski definition) is 2.